The second-order valence-electron chi connectivity index (χ2n) is 7.13. The fraction of sp³-hybridized carbons (Fsp3) is 0.647. The van der Waals surface area contributed by atoms with Gasteiger partial charge in [-0.3, -0.25) is 15.0 Å². The number of β-amino-alcohol motifs (C(OH)–C–C–N with tert-alkyl or cyclic N) is 1. The summed E-state index contributed by atoms with van der Waals surface area (Å²) in [6, 6.07) is 3.74. The number of pyridine rings is 1. The van der Waals surface area contributed by atoms with E-state index in [1.165, 1.54) is 9.79 Å². The van der Waals surface area contributed by atoms with Gasteiger partial charge in [0, 0.05) is 32.0 Å². The van der Waals surface area contributed by atoms with Gasteiger partial charge in [-0.15, -0.1) is 0 Å². The van der Waals surface area contributed by atoms with Crippen LogP contribution in [0.5, 0.6) is 0 Å². The molecule has 2 aliphatic heterocycles. The highest BCUT2D eigenvalue weighted by molar-refractivity contribution is 7.89. The van der Waals surface area contributed by atoms with Crippen molar-refractivity contribution in [3.63, 3.8) is 0 Å². The molecule has 0 radical (unpaired) electrons. The molecule has 11 heteroatoms. The average Bonchev–Trinajstić information content (AvgIpc) is 2.73. The van der Waals surface area contributed by atoms with E-state index >= 15 is 0 Å². The summed E-state index contributed by atoms with van der Waals surface area (Å²) < 4.78 is 33.3. The van der Waals surface area contributed by atoms with Crippen molar-refractivity contribution in [2.45, 2.75) is 42.8 Å². The van der Waals surface area contributed by atoms with E-state index in [9.17, 15) is 18.3 Å². The van der Waals surface area contributed by atoms with Crippen molar-refractivity contribution < 1.29 is 28.3 Å². The minimum Gasteiger partial charge on any atom is -0.377 e. The maximum Gasteiger partial charge on any atom is 0.278 e. The Hall–Kier alpha value is -1.63. The summed E-state index contributed by atoms with van der Waals surface area (Å²) in [6.07, 6.45) is 4.46. The van der Waals surface area contributed by atoms with Crippen molar-refractivity contribution in [2.75, 3.05) is 26.2 Å². The van der Waals surface area contributed by atoms with Gasteiger partial charge >= 0.3 is 0 Å². The zero-order valence-corrected chi connectivity index (χ0v) is 16.3. The summed E-state index contributed by atoms with van der Waals surface area (Å²) in [5.74, 6) is -1.12. The zero-order chi connectivity index (χ0) is 20.2. The monoisotopic (exact) mass is 414 g/mol. The molecule has 0 saturated carbocycles. The molecule has 2 unspecified atom stereocenters. The zero-order valence-electron chi connectivity index (χ0n) is 15.5. The molecule has 10 nitrogen and oxygen atoms in total. The van der Waals surface area contributed by atoms with Gasteiger partial charge in [-0.25, -0.2) is 18.2 Å². The van der Waals surface area contributed by atoms with Crippen molar-refractivity contribution in [3.05, 3.63) is 30.1 Å². The number of ether oxygens (including phenoxy) is 1. The molecular formula is C17H26N4O6S. The Balaban J connectivity index is 1.61. The van der Waals surface area contributed by atoms with Crippen LogP contribution < -0.4 is 10.8 Å². The lowest BCUT2D eigenvalue weighted by atomic mass is 9.93. The third-order valence-corrected chi connectivity index (χ3v) is 7.76. The van der Waals surface area contributed by atoms with Crippen LogP contribution in [0, 0.1) is 0 Å². The number of aliphatic hydroxyl groups is 1. The number of carbonyl (C=O) groups excluding carboxylic acids is 1. The lowest BCUT2D eigenvalue weighted by Gasteiger charge is -2.41. The van der Waals surface area contributed by atoms with E-state index in [4.69, 9.17) is 9.94 Å². The maximum atomic E-state index is 13.1. The van der Waals surface area contributed by atoms with E-state index in [1.54, 1.807) is 12.4 Å². The average molecular weight is 414 g/mol. The number of aromatic nitrogens is 1. The molecule has 2 fully saturated rings. The van der Waals surface area contributed by atoms with Gasteiger partial charge in [-0.05, 0) is 37.4 Å². The Morgan fingerprint density at radius 3 is 2.79 bits per heavy atom. The molecule has 28 heavy (non-hydrogen) atoms. The number of nitrogens with zero attached hydrogens (tertiary/aromatic N) is 2. The van der Waals surface area contributed by atoms with Crippen molar-refractivity contribution in [1.82, 2.24) is 20.1 Å². The Kier molecular flexibility index (Phi) is 6.63. The minimum absolute atomic E-state index is 0.0701. The maximum absolute atomic E-state index is 13.1. The molecule has 0 spiro atoms. The number of amides is 1. The first-order chi connectivity index (χ1) is 13.4. The van der Waals surface area contributed by atoms with Crippen LogP contribution in [-0.4, -0.2) is 77.1 Å². The first kappa shape index (κ1) is 21.1. The molecule has 3 heterocycles. The van der Waals surface area contributed by atoms with Crippen molar-refractivity contribution in [2.24, 2.45) is 0 Å². The Morgan fingerprint density at radius 1 is 1.39 bits per heavy atom. The number of sulfonamides is 1. The molecule has 0 aromatic carbocycles. The number of hydroxylamine groups is 1. The number of piperidine rings is 2. The predicted octanol–water partition coefficient (Wildman–Crippen LogP) is -1.01. The highest BCUT2D eigenvalue weighted by Gasteiger charge is 2.53. The van der Waals surface area contributed by atoms with Crippen molar-refractivity contribution in [1.29, 1.82) is 0 Å². The molecule has 3 rings (SSSR count). The highest BCUT2D eigenvalue weighted by Crippen LogP contribution is 2.29. The number of hydrogen-bond acceptors (Lipinski definition) is 8. The van der Waals surface area contributed by atoms with Gasteiger partial charge in [0.05, 0.1) is 12.7 Å². The molecular weight excluding hydrogens is 388 g/mol. The largest absolute Gasteiger partial charge is 0.377 e. The molecule has 2 atom stereocenters. The number of carbonyl (C=O) groups is 1. The molecule has 156 valence electrons. The second-order valence-corrected chi connectivity index (χ2v) is 9.25. The van der Waals surface area contributed by atoms with E-state index in [1.807, 2.05) is 12.1 Å². The molecule has 1 aromatic heterocycles. The lowest BCUT2D eigenvalue weighted by molar-refractivity contribution is -0.150. The van der Waals surface area contributed by atoms with Gasteiger partial charge in [0.15, 0.2) is 5.60 Å². The second kappa shape index (κ2) is 8.80. The van der Waals surface area contributed by atoms with E-state index in [2.05, 4.69) is 10.3 Å². The van der Waals surface area contributed by atoms with Crippen molar-refractivity contribution >= 4 is 15.9 Å². The molecule has 1 amide bonds. The van der Waals surface area contributed by atoms with Gasteiger partial charge in [-0.2, -0.15) is 0 Å². The van der Waals surface area contributed by atoms with Gasteiger partial charge < -0.3 is 15.2 Å². The van der Waals surface area contributed by atoms with Crippen LogP contribution in [0.4, 0.5) is 0 Å². The van der Waals surface area contributed by atoms with E-state index in [0.717, 1.165) is 5.56 Å². The Bertz CT molecular complexity index is 769. The van der Waals surface area contributed by atoms with Crippen LogP contribution in [-0.2, 0) is 26.2 Å². The fourth-order valence-electron chi connectivity index (χ4n) is 3.71. The van der Waals surface area contributed by atoms with Gasteiger partial charge in [0.1, 0.15) is 5.25 Å². The molecule has 0 aliphatic carbocycles. The summed E-state index contributed by atoms with van der Waals surface area (Å²) in [5.41, 5.74) is 0.111. The summed E-state index contributed by atoms with van der Waals surface area (Å²) in [5, 5.41) is 21.1. The minimum atomic E-state index is -3.93. The molecule has 1 aromatic rings. The van der Waals surface area contributed by atoms with Crippen LogP contribution in [0.2, 0.25) is 0 Å². The number of nitrogens with one attached hydrogen (secondary N) is 2. The standard InChI is InChI=1S/C17H26N4O6S/c22-16(20-24)17(23)12-19-7-3-15(17)28(25,26)21-8-4-14(5-9-21)27-11-13-2-1-6-18-10-13/h1-2,6,10,14-15,19,23-24H,3-5,7-9,11-12H2,(H,20,22). The fourth-order valence-corrected chi connectivity index (χ4v) is 5.89. The summed E-state index contributed by atoms with van der Waals surface area (Å²) in [7, 11) is -3.93. The predicted molar refractivity (Wildman–Crippen MR) is 98.7 cm³/mol. The van der Waals surface area contributed by atoms with Gasteiger partial charge in [0.2, 0.25) is 10.0 Å². The van der Waals surface area contributed by atoms with Gasteiger partial charge in [-0.1, -0.05) is 6.07 Å². The smallest absolute Gasteiger partial charge is 0.278 e. The van der Waals surface area contributed by atoms with Crippen LogP contribution in [0.1, 0.15) is 24.8 Å². The van der Waals surface area contributed by atoms with Crippen LogP contribution in [0.15, 0.2) is 24.5 Å². The summed E-state index contributed by atoms with van der Waals surface area (Å²) >= 11 is 0. The summed E-state index contributed by atoms with van der Waals surface area (Å²) in [4.78, 5) is 16.0. The third-order valence-electron chi connectivity index (χ3n) is 5.33. The van der Waals surface area contributed by atoms with Crippen molar-refractivity contribution in [3.8, 4) is 0 Å². The lowest BCUT2D eigenvalue weighted by Crippen LogP contribution is -2.67. The molecule has 4 N–H and O–H groups in total. The first-order valence-electron chi connectivity index (χ1n) is 9.25. The number of rotatable bonds is 6. The van der Waals surface area contributed by atoms with Crippen LogP contribution >= 0.6 is 0 Å². The number of hydrogen-bond donors (Lipinski definition) is 4. The summed E-state index contributed by atoms with van der Waals surface area (Å²) in [6.45, 7) is 1.03. The van der Waals surface area contributed by atoms with E-state index < -0.39 is 26.8 Å². The molecule has 2 aliphatic rings. The highest BCUT2D eigenvalue weighted by atomic mass is 32.2. The van der Waals surface area contributed by atoms with E-state index in [0.29, 0.717) is 26.0 Å². The third kappa shape index (κ3) is 4.34. The Labute approximate surface area is 163 Å². The molecule has 2 saturated heterocycles. The van der Waals surface area contributed by atoms with Crippen LogP contribution in [0.25, 0.3) is 0 Å². The SMILES string of the molecule is O=C(NO)C1(O)CNCCC1S(=O)(=O)N1CCC(OCc2cccnc2)CC1. The molecule has 0 bridgehead atoms. The Morgan fingerprint density at radius 2 is 2.14 bits per heavy atom. The normalized spacial score (nSPS) is 27.4. The van der Waals surface area contributed by atoms with E-state index in [-0.39, 0.29) is 32.2 Å². The van der Waals surface area contributed by atoms with Crippen LogP contribution in [0.3, 0.4) is 0 Å². The first-order valence-corrected chi connectivity index (χ1v) is 10.8. The topological polar surface area (TPSA) is 141 Å². The van der Waals surface area contributed by atoms with Gasteiger partial charge in [0.25, 0.3) is 5.91 Å². The quantitative estimate of drug-likeness (QED) is 0.343.